The molecule has 1 aromatic carbocycles. The first-order valence-electron chi connectivity index (χ1n) is 6.55. The number of aliphatic hydroxyl groups is 1. The monoisotopic (exact) mass is 303 g/mol. The van der Waals surface area contributed by atoms with Gasteiger partial charge in [0.15, 0.2) is 0 Å². The Kier molecular flexibility index (Phi) is 4.82. The Labute approximate surface area is 128 Å². The molecule has 0 fully saturated rings. The molecule has 21 heavy (non-hydrogen) atoms. The Bertz CT molecular complexity index is 674. The van der Waals surface area contributed by atoms with Crippen molar-refractivity contribution in [2.24, 2.45) is 5.73 Å². The third-order valence-electron chi connectivity index (χ3n) is 3.23. The van der Waals surface area contributed by atoms with Gasteiger partial charge < -0.3 is 15.6 Å². The first-order chi connectivity index (χ1) is 10.0. The molecular weight excluding hydrogens is 286 g/mol. The molecule has 1 aromatic heterocycles. The predicted molar refractivity (Wildman–Crippen MR) is 84.7 cm³/mol. The van der Waals surface area contributed by atoms with Crippen LogP contribution in [-0.2, 0) is 6.42 Å². The van der Waals surface area contributed by atoms with Crippen LogP contribution in [0.25, 0.3) is 0 Å². The summed E-state index contributed by atoms with van der Waals surface area (Å²) < 4.78 is 5.84. The SMILES string of the molecule is Cc1nnc(Oc2ccccc2CCO)c(C(N)=S)c1C. The van der Waals surface area contributed by atoms with Crippen molar-refractivity contribution in [3.05, 3.63) is 46.6 Å². The molecule has 0 saturated heterocycles. The van der Waals surface area contributed by atoms with Gasteiger partial charge in [-0.1, -0.05) is 30.4 Å². The molecule has 3 N–H and O–H groups in total. The number of hydrogen-bond acceptors (Lipinski definition) is 5. The van der Waals surface area contributed by atoms with Crippen molar-refractivity contribution in [3.63, 3.8) is 0 Å². The second kappa shape index (κ2) is 6.60. The van der Waals surface area contributed by atoms with E-state index < -0.39 is 0 Å². The average Bonchev–Trinajstić information content (AvgIpc) is 2.45. The fourth-order valence-corrected chi connectivity index (χ4v) is 2.22. The van der Waals surface area contributed by atoms with Crippen LogP contribution in [0, 0.1) is 13.8 Å². The zero-order chi connectivity index (χ0) is 15.4. The summed E-state index contributed by atoms with van der Waals surface area (Å²) in [5, 5.41) is 17.2. The maximum absolute atomic E-state index is 9.11. The van der Waals surface area contributed by atoms with Crippen LogP contribution in [0.15, 0.2) is 24.3 Å². The number of aryl methyl sites for hydroxylation is 1. The van der Waals surface area contributed by atoms with Crippen LogP contribution in [0.3, 0.4) is 0 Å². The standard InChI is InChI=1S/C15H17N3O2S/c1-9-10(2)17-18-15(13(9)14(16)21)20-12-6-4-3-5-11(12)7-8-19/h3-6,19H,7-8H2,1-2H3,(H2,16,21). The Morgan fingerprint density at radius 3 is 2.67 bits per heavy atom. The third kappa shape index (κ3) is 3.34. The molecule has 0 aliphatic carbocycles. The van der Waals surface area contributed by atoms with E-state index in [0.29, 0.717) is 17.7 Å². The van der Waals surface area contributed by atoms with Crippen molar-refractivity contribution in [2.75, 3.05) is 6.61 Å². The summed E-state index contributed by atoms with van der Waals surface area (Å²) in [4.78, 5) is 0.222. The number of benzene rings is 1. The van der Waals surface area contributed by atoms with Crippen molar-refractivity contribution >= 4 is 17.2 Å². The molecule has 0 atom stereocenters. The summed E-state index contributed by atoms with van der Waals surface area (Å²) >= 11 is 5.09. The summed E-state index contributed by atoms with van der Waals surface area (Å²) in [7, 11) is 0. The van der Waals surface area contributed by atoms with Gasteiger partial charge in [0.2, 0.25) is 5.88 Å². The number of thiocarbonyl (C=S) groups is 1. The Morgan fingerprint density at radius 2 is 2.00 bits per heavy atom. The quantitative estimate of drug-likeness (QED) is 0.823. The highest BCUT2D eigenvalue weighted by atomic mass is 32.1. The molecule has 110 valence electrons. The molecule has 0 unspecified atom stereocenters. The topological polar surface area (TPSA) is 81.3 Å². The van der Waals surface area contributed by atoms with E-state index in [9.17, 15) is 0 Å². The molecular formula is C15H17N3O2S. The molecule has 0 aliphatic rings. The maximum atomic E-state index is 9.11. The van der Waals surface area contributed by atoms with E-state index in [4.69, 9.17) is 27.8 Å². The summed E-state index contributed by atoms with van der Waals surface area (Å²) in [5.41, 5.74) is 8.87. The van der Waals surface area contributed by atoms with Gasteiger partial charge in [0.25, 0.3) is 0 Å². The van der Waals surface area contributed by atoms with Gasteiger partial charge in [-0.25, -0.2) is 0 Å². The molecule has 6 heteroatoms. The van der Waals surface area contributed by atoms with Crippen LogP contribution in [0.2, 0.25) is 0 Å². The fraction of sp³-hybridized carbons (Fsp3) is 0.267. The number of aliphatic hydroxyl groups excluding tert-OH is 1. The smallest absolute Gasteiger partial charge is 0.249 e. The predicted octanol–water partition coefficient (Wildman–Crippen LogP) is 2.05. The number of aromatic nitrogens is 2. The highest BCUT2D eigenvalue weighted by Gasteiger charge is 2.16. The molecule has 0 amide bonds. The van der Waals surface area contributed by atoms with Crippen molar-refractivity contribution in [3.8, 4) is 11.6 Å². The fourth-order valence-electron chi connectivity index (χ4n) is 1.98. The highest BCUT2D eigenvalue weighted by Crippen LogP contribution is 2.28. The van der Waals surface area contributed by atoms with E-state index in [-0.39, 0.29) is 17.5 Å². The van der Waals surface area contributed by atoms with E-state index in [0.717, 1.165) is 16.8 Å². The van der Waals surface area contributed by atoms with Gasteiger partial charge in [-0.05, 0) is 37.5 Å². The van der Waals surface area contributed by atoms with E-state index >= 15 is 0 Å². The largest absolute Gasteiger partial charge is 0.437 e. The van der Waals surface area contributed by atoms with Gasteiger partial charge >= 0.3 is 0 Å². The zero-order valence-electron chi connectivity index (χ0n) is 12.0. The van der Waals surface area contributed by atoms with Crippen molar-refractivity contribution in [1.82, 2.24) is 10.2 Å². The lowest BCUT2D eigenvalue weighted by atomic mass is 10.1. The van der Waals surface area contributed by atoms with Gasteiger partial charge in [-0.15, -0.1) is 5.10 Å². The number of ether oxygens (including phenoxy) is 1. The summed E-state index contributed by atoms with van der Waals surface area (Å²) in [6.45, 7) is 3.76. The minimum absolute atomic E-state index is 0.0428. The molecule has 0 radical (unpaired) electrons. The second-order valence-electron chi connectivity index (χ2n) is 4.64. The molecule has 5 nitrogen and oxygen atoms in total. The van der Waals surface area contributed by atoms with Crippen LogP contribution in [0.5, 0.6) is 11.6 Å². The number of hydrogen-bond donors (Lipinski definition) is 2. The molecule has 0 spiro atoms. The molecule has 0 aliphatic heterocycles. The zero-order valence-corrected chi connectivity index (χ0v) is 12.8. The van der Waals surface area contributed by atoms with Gasteiger partial charge in [-0.3, -0.25) is 0 Å². The molecule has 2 aromatic rings. The summed E-state index contributed by atoms with van der Waals surface area (Å²) in [6.07, 6.45) is 0.497. The number of nitrogens with two attached hydrogens (primary N) is 1. The number of nitrogens with zero attached hydrogens (tertiary/aromatic N) is 2. The van der Waals surface area contributed by atoms with Gasteiger partial charge in [0, 0.05) is 6.61 Å². The number of rotatable bonds is 5. The van der Waals surface area contributed by atoms with Crippen LogP contribution < -0.4 is 10.5 Å². The van der Waals surface area contributed by atoms with E-state index in [1.54, 1.807) is 0 Å². The lowest BCUT2D eigenvalue weighted by Gasteiger charge is -2.14. The minimum atomic E-state index is 0.0428. The first kappa shape index (κ1) is 15.3. The van der Waals surface area contributed by atoms with Gasteiger partial charge in [0.1, 0.15) is 10.7 Å². The number of para-hydroxylation sites is 1. The van der Waals surface area contributed by atoms with Crippen molar-refractivity contribution in [1.29, 1.82) is 0 Å². The van der Waals surface area contributed by atoms with E-state index in [1.807, 2.05) is 38.1 Å². The third-order valence-corrected chi connectivity index (χ3v) is 3.43. The molecule has 2 rings (SSSR count). The maximum Gasteiger partial charge on any atom is 0.249 e. The molecule has 0 bridgehead atoms. The van der Waals surface area contributed by atoms with Crippen molar-refractivity contribution in [2.45, 2.75) is 20.3 Å². The lowest BCUT2D eigenvalue weighted by Crippen LogP contribution is -2.15. The van der Waals surface area contributed by atoms with Crippen LogP contribution in [-0.4, -0.2) is 26.9 Å². The van der Waals surface area contributed by atoms with Crippen molar-refractivity contribution < 1.29 is 9.84 Å². The Balaban J connectivity index is 2.45. The second-order valence-corrected chi connectivity index (χ2v) is 5.08. The molecule has 1 heterocycles. The average molecular weight is 303 g/mol. The van der Waals surface area contributed by atoms with Crippen LogP contribution in [0.4, 0.5) is 0 Å². The minimum Gasteiger partial charge on any atom is -0.437 e. The Morgan fingerprint density at radius 1 is 1.29 bits per heavy atom. The highest BCUT2D eigenvalue weighted by molar-refractivity contribution is 7.80. The molecule has 0 saturated carbocycles. The summed E-state index contributed by atoms with van der Waals surface area (Å²) in [6, 6.07) is 7.44. The van der Waals surface area contributed by atoms with Crippen LogP contribution in [0.1, 0.15) is 22.4 Å². The first-order valence-corrected chi connectivity index (χ1v) is 6.95. The van der Waals surface area contributed by atoms with Crippen LogP contribution >= 0.6 is 12.2 Å². The lowest BCUT2D eigenvalue weighted by molar-refractivity contribution is 0.297. The van der Waals surface area contributed by atoms with Gasteiger partial charge in [0.05, 0.1) is 11.3 Å². The Hall–Kier alpha value is -2.05. The normalized spacial score (nSPS) is 10.4. The van der Waals surface area contributed by atoms with E-state index in [1.165, 1.54) is 0 Å². The van der Waals surface area contributed by atoms with Gasteiger partial charge in [-0.2, -0.15) is 5.10 Å². The summed E-state index contributed by atoms with van der Waals surface area (Å²) in [5.74, 6) is 0.901. The van der Waals surface area contributed by atoms with E-state index in [2.05, 4.69) is 10.2 Å².